The lowest BCUT2D eigenvalue weighted by molar-refractivity contribution is 0.0592. The molecule has 0 saturated heterocycles. The molecule has 0 amide bonds. The monoisotopic (exact) mass is 281 g/mol. The molecule has 1 rings (SSSR count). The van der Waals surface area contributed by atoms with E-state index in [1.807, 2.05) is 12.1 Å². The first-order chi connectivity index (χ1) is 8.79. The summed E-state index contributed by atoms with van der Waals surface area (Å²) in [5, 5.41) is 0. The highest BCUT2D eigenvalue weighted by atomic mass is 28.3. The van der Waals surface area contributed by atoms with Crippen LogP contribution in [0.5, 0.6) is 0 Å². The van der Waals surface area contributed by atoms with E-state index in [0.717, 1.165) is 0 Å². The zero-order valence-corrected chi connectivity index (χ0v) is 14.2. The highest BCUT2D eigenvalue weighted by Gasteiger charge is 2.46. The first-order valence-corrected chi connectivity index (χ1v) is 9.24. The minimum atomic E-state index is -1.86. The Morgan fingerprint density at radius 2 is 1.58 bits per heavy atom. The van der Waals surface area contributed by atoms with Crippen LogP contribution in [0.2, 0.25) is 16.6 Å². The van der Waals surface area contributed by atoms with E-state index in [1.54, 1.807) is 0 Å². The molecule has 1 aromatic heterocycles. The van der Waals surface area contributed by atoms with Gasteiger partial charge < -0.3 is 8.97 Å². The van der Waals surface area contributed by atoms with Crippen LogP contribution in [0.15, 0.2) is 18.3 Å². The number of ether oxygens (including phenoxy) is 1. The number of esters is 1. The standard InChI is InChI=1S/C15H27NO2Si/c1-11(2)19(12(3)4,13(5)6)16-10-8-9-14(16)15(17)18-7/h8-13H,1-7H3. The zero-order chi connectivity index (χ0) is 14.8. The first kappa shape index (κ1) is 16.0. The molecule has 108 valence electrons. The van der Waals surface area contributed by atoms with Crippen LogP contribution in [0.3, 0.4) is 0 Å². The lowest BCUT2D eigenvalue weighted by Crippen LogP contribution is -2.52. The Hall–Kier alpha value is -1.03. The minimum absolute atomic E-state index is 0.233. The van der Waals surface area contributed by atoms with Crippen LogP contribution in [0, 0.1) is 0 Å². The predicted octanol–water partition coefficient (Wildman–Crippen LogP) is 4.30. The Morgan fingerprint density at radius 1 is 1.11 bits per heavy atom. The fraction of sp³-hybridized carbons (Fsp3) is 0.667. The van der Waals surface area contributed by atoms with E-state index < -0.39 is 8.24 Å². The van der Waals surface area contributed by atoms with Gasteiger partial charge in [-0.3, -0.25) is 0 Å². The van der Waals surface area contributed by atoms with E-state index >= 15 is 0 Å². The number of methoxy groups -OCH3 is 1. The Kier molecular flexibility index (Phi) is 5.02. The van der Waals surface area contributed by atoms with Crippen LogP contribution >= 0.6 is 0 Å². The molecule has 0 radical (unpaired) electrons. The van der Waals surface area contributed by atoms with E-state index in [2.05, 4.69) is 52.0 Å². The van der Waals surface area contributed by atoms with Crippen molar-refractivity contribution in [3.05, 3.63) is 24.0 Å². The summed E-state index contributed by atoms with van der Waals surface area (Å²) in [5.41, 5.74) is 2.38. The van der Waals surface area contributed by atoms with Crippen molar-refractivity contribution < 1.29 is 9.53 Å². The van der Waals surface area contributed by atoms with Crippen molar-refractivity contribution in [2.75, 3.05) is 7.11 Å². The van der Waals surface area contributed by atoms with Gasteiger partial charge in [-0.05, 0) is 35.0 Å². The van der Waals surface area contributed by atoms with E-state index in [-0.39, 0.29) is 5.97 Å². The summed E-state index contributed by atoms with van der Waals surface area (Å²) in [6.07, 6.45) is 2.07. The summed E-state index contributed by atoms with van der Waals surface area (Å²) in [7, 11) is -0.412. The summed E-state index contributed by atoms with van der Waals surface area (Å²) in [6.45, 7) is 13.7. The molecular weight excluding hydrogens is 254 g/mol. The lowest BCUT2D eigenvalue weighted by Gasteiger charge is -2.44. The third-order valence-corrected chi connectivity index (χ3v) is 11.1. The Morgan fingerprint density at radius 3 is 1.95 bits per heavy atom. The number of hydrogen-bond acceptors (Lipinski definition) is 2. The molecule has 0 fully saturated rings. The summed E-state index contributed by atoms with van der Waals surface area (Å²) < 4.78 is 7.19. The van der Waals surface area contributed by atoms with Gasteiger partial charge in [0.05, 0.1) is 7.11 Å². The van der Waals surface area contributed by atoms with Crippen molar-refractivity contribution in [1.82, 2.24) is 4.23 Å². The zero-order valence-electron chi connectivity index (χ0n) is 13.2. The van der Waals surface area contributed by atoms with E-state index in [0.29, 0.717) is 22.3 Å². The second kappa shape index (κ2) is 5.95. The van der Waals surface area contributed by atoms with Gasteiger partial charge in [0.2, 0.25) is 0 Å². The lowest BCUT2D eigenvalue weighted by atomic mass is 10.4. The molecule has 0 bridgehead atoms. The molecule has 0 aliphatic rings. The van der Waals surface area contributed by atoms with Crippen molar-refractivity contribution in [2.24, 2.45) is 0 Å². The third kappa shape index (κ3) is 2.50. The van der Waals surface area contributed by atoms with Gasteiger partial charge in [0.1, 0.15) is 5.69 Å². The fourth-order valence-electron chi connectivity index (χ4n) is 3.82. The quantitative estimate of drug-likeness (QED) is 0.595. The summed E-state index contributed by atoms with van der Waals surface area (Å²) in [6, 6.07) is 3.84. The highest BCUT2D eigenvalue weighted by molar-refractivity contribution is 6.82. The molecule has 0 unspecified atom stereocenters. The van der Waals surface area contributed by atoms with Crippen LogP contribution in [0.25, 0.3) is 0 Å². The van der Waals surface area contributed by atoms with Crippen molar-refractivity contribution in [2.45, 2.75) is 58.2 Å². The molecule has 0 aliphatic carbocycles. The third-order valence-electron chi connectivity index (χ3n) is 4.34. The van der Waals surface area contributed by atoms with E-state index in [1.165, 1.54) is 7.11 Å². The molecule has 0 saturated carbocycles. The summed E-state index contributed by atoms with van der Waals surface area (Å²) >= 11 is 0. The van der Waals surface area contributed by atoms with Gasteiger partial charge >= 0.3 is 5.97 Å². The summed E-state index contributed by atoms with van der Waals surface area (Å²) in [5.74, 6) is -0.233. The summed E-state index contributed by atoms with van der Waals surface area (Å²) in [4.78, 5) is 12.0. The normalized spacial score (nSPS) is 12.5. The molecule has 1 heterocycles. The Labute approximate surface area is 118 Å². The van der Waals surface area contributed by atoms with Crippen molar-refractivity contribution >= 4 is 14.2 Å². The van der Waals surface area contributed by atoms with Gasteiger partial charge in [0, 0.05) is 0 Å². The van der Waals surface area contributed by atoms with Crippen molar-refractivity contribution in [1.29, 1.82) is 0 Å². The molecule has 4 heteroatoms. The topological polar surface area (TPSA) is 31.2 Å². The second-order valence-electron chi connectivity index (χ2n) is 6.11. The number of aromatic nitrogens is 1. The van der Waals surface area contributed by atoms with Crippen LogP contribution in [-0.2, 0) is 4.74 Å². The van der Waals surface area contributed by atoms with E-state index in [9.17, 15) is 4.79 Å². The molecule has 0 N–H and O–H groups in total. The van der Waals surface area contributed by atoms with Crippen LogP contribution in [-0.4, -0.2) is 25.5 Å². The smallest absolute Gasteiger partial charge is 0.353 e. The predicted molar refractivity (Wildman–Crippen MR) is 82.2 cm³/mol. The maximum absolute atomic E-state index is 12.0. The van der Waals surface area contributed by atoms with E-state index in [4.69, 9.17) is 4.74 Å². The van der Waals surface area contributed by atoms with Crippen LogP contribution in [0.4, 0.5) is 0 Å². The van der Waals surface area contributed by atoms with Crippen LogP contribution < -0.4 is 0 Å². The molecule has 3 nitrogen and oxygen atoms in total. The van der Waals surface area contributed by atoms with Crippen molar-refractivity contribution in [3.63, 3.8) is 0 Å². The number of rotatable bonds is 5. The van der Waals surface area contributed by atoms with Gasteiger partial charge in [-0.1, -0.05) is 41.5 Å². The van der Waals surface area contributed by atoms with Gasteiger partial charge in [0.15, 0.2) is 8.24 Å². The molecule has 19 heavy (non-hydrogen) atoms. The van der Waals surface area contributed by atoms with Gasteiger partial charge in [0.25, 0.3) is 0 Å². The largest absolute Gasteiger partial charge is 0.464 e. The average Bonchev–Trinajstić information content (AvgIpc) is 2.76. The maximum Gasteiger partial charge on any atom is 0.353 e. The van der Waals surface area contributed by atoms with Gasteiger partial charge in [-0.25, -0.2) is 4.79 Å². The molecule has 0 spiro atoms. The Balaban J connectivity index is 3.50. The Bertz CT molecular complexity index is 413. The molecule has 0 aromatic carbocycles. The number of nitrogens with zero attached hydrogens (tertiary/aromatic N) is 1. The van der Waals surface area contributed by atoms with Gasteiger partial charge in [-0.15, -0.1) is 0 Å². The average molecular weight is 281 g/mol. The van der Waals surface area contributed by atoms with Gasteiger partial charge in [-0.2, -0.15) is 0 Å². The number of carbonyl (C=O) groups excluding carboxylic acids is 1. The van der Waals surface area contributed by atoms with Crippen molar-refractivity contribution in [3.8, 4) is 0 Å². The molecule has 1 aromatic rings. The molecule has 0 aliphatic heterocycles. The fourth-order valence-corrected chi connectivity index (χ4v) is 10.4. The molecular formula is C15H27NO2Si. The highest BCUT2D eigenvalue weighted by Crippen LogP contribution is 2.43. The maximum atomic E-state index is 12.0. The number of carbonyl (C=O) groups is 1. The van der Waals surface area contributed by atoms with Crippen LogP contribution in [0.1, 0.15) is 52.0 Å². The first-order valence-electron chi connectivity index (χ1n) is 7.06. The second-order valence-corrected chi connectivity index (χ2v) is 11.8. The minimum Gasteiger partial charge on any atom is -0.464 e. The number of hydrogen-bond donors (Lipinski definition) is 0. The molecule has 0 atom stereocenters. The SMILES string of the molecule is COC(=O)c1cccn1[Si](C(C)C)(C(C)C)C(C)C.